The lowest BCUT2D eigenvalue weighted by Crippen LogP contribution is -2.35. The van der Waals surface area contributed by atoms with Gasteiger partial charge in [0.1, 0.15) is 0 Å². The first kappa shape index (κ1) is 10.5. The van der Waals surface area contributed by atoms with Crippen molar-refractivity contribution in [2.24, 2.45) is 0 Å². The third-order valence-electron chi connectivity index (χ3n) is 3.98. The average molecular weight is 195 g/mol. The Hall–Kier alpha value is -0.0400. The molecule has 0 aromatic rings. The summed E-state index contributed by atoms with van der Waals surface area (Å²) in [7, 11) is 0. The van der Waals surface area contributed by atoms with Crippen molar-refractivity contribution in [3.05, 3.63) is 0 Å². The zero-order valence-electron chi connectivity index (χ0n) is 9.51. The first-order valence-electron chi connectivity index (χ1n) is 6.71. The third-order valence-corrected chi connectivity index (χ3v) is 3.98. The summed E-state index contributed by atoms with van der Waals surface area (Å²) in [6, 6.07) is 0.954. The van der Waals surface area contributed by atoms with Gasteiger partial charge in [0.15, 0.2) is 0 Å². The molecule has 1 heterocycles. The minimum atomic E-state index is 0.954. The molecule has 0 aromatic heterocycles. The SMILES string of the molecule is C1CCCC(N2CCCCCC2)CC1. The Balaban J connectivity index is 1.83. The molecular formula is C13H25N. The lowest BCUT2D eigenvalue weighted by atomic mass is 10.1. The highest BCUT2D eigenvalue weighted by Crippen LogP contribution is 2.24. The monoisotopic (exact) mass is 195 g/mol. The van der Waals surface area contributed by atoms with Crippen LogP contribution in [0.15, 0.2) is 0 Å². The van der Waals surface area contributed by atoms with Crippen LogP contribution in [0.25, 0.3) is 0 Å². The van der Waals surface area contributed by atoms with Gasteiger partial charge in [-0.25, -0.2) is 0 Å². The number of rotatable bonds is 1. The molecule has 1 saturated carbocycles. The maximum atomic E-state index is 2.80. The van der Waals surface area contributed by atoms with Gasteiger partial charge in [-0.15, -0.1) is 0 Å². The molecule has 0 radical (unpaired) electrons. The van der Waals surface area contributed by atoms with Crippen LogP contribution in [-0.2, 0) is 0 Å². The van der Waals surface area contributed by atoms with Crippen LogP contribution in [-0.4, -0.2) is 24.0 Å². The van der Waals surface area contributed by atoms with Gasteiger partial charge >= 0.3 is 0 Å². The molecule has 82 valence electrons. The summed E-state index contributed by atoms with van der Waals surface area (Å²) in [5.74, 6) is 0. The van der Waals surface area contributed by atoms with Gasteiger partial charge in [-0.2, -0.15) is 0 Å². The molecule has 1 nitrogen and oxygen atoms in total. The standard InChI is InChI=1S/C13H25N/c1-2-6-10-13(9-5-1)14-11-7-3-4-8-12-14/h13H,1-12H2. The number of nitrogens with zero attached hydrogens (tertiary/aromatic N) is 1. The number of likely N-dealkylation sites (tertiary alicyclic amines) is 1. The van der Waals surface area contributed by atoms with E-state index in [-0.39, 0.29) is 0 Å². The van der Waals surface area contributed by atoms with E-state index in [9.17, 15) is 0 Å². The normalized spacial score (nSPS) is 28.3. The fourth-order valence-electron chi connectivity index (χ4n) is 3.08. The van der Waals surface area contributed by atoms with Gasteiger partial charge < -0.3 is 4.90 Å². The van der Waals surface area contributed by atoms with Crippen molar-refractivity contribution in [3.8, 4) is 0 Å². The maximum Gasteiger partial charge on any atom is 0.00952 e. The van der Waals surface area contributed by atoms with E-state index in [1.54, 1.807) is 0 Å². The van der Waals surface area contributed by atoms with Gasteiger partial charge in [0, 0.05) is 6.04 Å². The van der Waals surface area contributed by atoms with Crippen molar-refractivity contribution >= 4 is 0 Å². The van der Waals surface area contributed by atoms with Crippen LogP contribution in [0.5, 0.6) is 0 Å². The molecule has 1 saturated heterocycles. The largest absolute Gasteiger partial charge is 0.300 e. The summed E-state index contributed by atoms with van der Waals surface area (Å²) < 4.78 is 0. The first-order chi connectivity index (χ1) is 6.97. The smallest absolute Gasteiger partial charge is 0.00952 e. The molecular weight excluding hydrogens is 170 g/mol. The zero-order valence-corrected chi connectivity index (χ0v) is 9.51. The number of hydrogen-bond donors (Lipinski definition) is 0. The van der Waals surface area contributed by atoms with Crippen LogP contribution in [0.1, 0.15) is 64.2 Å². The summed E-state index contributed by atoms with van der Waals surface area (Å²) in [6.07, 6.45) is 14.8. The van der Waals surface area contributed by atoms with Crippen LogP contribution in [0.3, 0.4) is 0 Å². The molecule has 0 amide bonds. The van der Waals surface area contributed by atoms with E-state index in [4.69, 9.17) is 0 Å². The Morgan fingerprint density at radius 1 is 0.571 bits per heavy atom. The Bertz CT molecular complexity index is 121. The molecule has 2 rings (SSSR count). The highest BCUT2D eigenvalue weighted by molar-refractivity contribution is 4.76. The Morgan fingerprint density at radius 3 is 1.64 bits per heavy atom. The van der Waals surface area contributed by atoms with Crippen LogP contribution >= 0.6 is 0 Å². The van der Waals surface area contributed by atoms with Crippen molar-refractivity contribution in [1.82, 2.24) is 4.90 Å². The zero-order chi connectivity index (χ0) is 9.64. The van der Waals surface area contributed by atoms with Crippen LogP contribution in [0.2, 0.25) is 0 Å². The van der Waals surface area contributed by atoms with Crippen molar-refractivity contribution in [1.29, 1.82) is 0 Å². The predicted molar refractivity (Wildman–Crippen MR) is 61.5 cm³/mol. The predicted octanol–water partition coefficient (Wildman–Crippen LogP) is 3.59. The van der Waals surface area contributed by atoms with Gasteiger partial charge in [-0.05, 0) is 38.8 Å². The Labute approximate surface area is 88.9 Å². The molecule has 0 bridgehead atoms. The quantitative estimate of drug-likeness (QED) is 0.578. The minimum absolute atomic E-state index is 0.954. The van der Waals surface area contributed by atoms with E-state index in [0.717, 1.165) is 6.04 Å². The van der Waals surface area contributed by atoms with E-state index in [2.05, 4.69) is 4.90 Å². The van der Waals surface area contributed by atoms with Gasteiger partial charge in [0.25, 0.3) is 0 Å². The Kier molecular flexibility index (Phi) is 4.30. The fraction of sp³-hybridized carbons (Fsp3) is 1.00. The van der Waals surface area contributed by atoms with Crippen LogP contribution in [0.4, 0.5) is 0 Å². The summed E-state index contributed by atoms with van der Waals surface area (Å²) in [5, 5.41) is 0. The van der Waals surface area contributed by atoms with E-state index in [1.165, 1.54) is 77.3 Å². The van der Waals surface area contributed by atoms with E-state index < -0.39 is 0 Å². The van der Waals surface area contributed by atoms with Gasteiger partial charge in [-0.3, -0.25) is 0 Å². The second-order valence-electron chi connectivity index (χ2n) is 5.10. The van der Waals surface area contributed by atoms with Gasteiger partial charge in [0.2, 0.25) is 0 Å². The van der Waals surface area contributed by atoms with Gasteiger partial charge in [-0.1, -0.05) is 38.5 Å². The second-order valence-corrected chi connectivity index (χ2v) is 5.10. The summed E-state index contributed by atoms with van der Waals surface area (Å²) >= 11 is 0. The molecule has 0 unspecified atom stereocenters. The average Bonchev–Trinajstić information content (AvgIpc) is 2.62. The van der Waals surface area contributed by atoms with Gasteiger partial charge in [0.05, 0.1) is 0 Å². The molecule has 0 atom stereocenters. The minimum Gasteiger partial charge on any atom is -0.300 e. The fourth-order valence-corrected chi connectivity index (χ4v) is 3.08. The second kappa shape index (κ2) is 5.75. The van der Waals surface area contributed by atoms with Crippen LogP contribution < -0.4 is 0 Å². The lowest BCUT2D eigenvalue weighted by molar-refractivity contribution is 0.185. The third kappa shape index (κ3) is 2.98. The summed E-state index contributed by atoms with van der Waals surface area (Å²) in [6.45, 7) is 2.79. The molecule has 1 aliphatic heterocycles. The van der Waals surface area contributed by atoms with E-state index in [0.29, 0.717) is 0 Å². The summed E-state index contributed by atoms with van der Waals surface area (Å²) in [4.78, 5) is 2.80. The molecule has 2 aliphatic rings. The maximum absolute atomic E-state index is 2.80. The molecule has 1 heteroatoms. The summed E-state index contributed by atoms with van der Waals surface area (Å²) in [5.41, 5.74) is 0. The lowest BCUT2D eigenvalue weighted by Gasteiger charge is -2.29. The molecule has 0 spiro atoms. The Morgan fingerprint density at radius 2 is 1.07 bits per heavy atom. The topological polar surface area (TPSA) is 3.24 Å². The van der Waals surface area contributed by atoms with Crippen molar-refractivity contribution < 1.29 is 0 Å². The number of hydrogen-bond acceptors (Lipinski definition) is 1. The van der Waals surface area contributed by atoms with Crippen LogP contribution in [0, 0.1) is 0 Å². The molecule has 1 aliphatic carbocycles. The van der Waals surface area contributed by atoms with Crippen molar-refractivity contribution in [3.63, 3.8) is 0 Å². The van der Waals surface area contributed by atoms with Crippen molar-refractivity contribution in [2.45, 2.75) is 70.3 Å². The first-order valence-corrected chi connectivity index (χ1v) is 6.71. The van der Waals surface area contributed by atoms with Crippen molar-refractivity contribution in [2.75, 3.05) is 13.1 Å². The molecule has 14 heavy (non-hydrogen) atoms. The molecule has 2 fully saturated rings. The molecule has 0 aromatic carbocycles. The molecule has 0 N–H and O–H groups in total. The highest BCUT2D eigenvalue weighted by Gasteiger charge is 2.20. The highest BCUT2D eigenvalue weighted by atomic mass is 15.1. The van der Waals surface area contributed by atoms with E-state index >= 15 is 0 Å². The van der Waals surface area contributed by atoms with E-state index in [1.807, 2.05) is 0 Å².